The van der Waals surface area contributed by atoms with Gasteiger partial charge in [0, 0.05) is 45.1 Å². The second-order valence-electron chi connectivity index (χ2n) is 5.94. The number of guanidine groups is 1. The van der Waals surface area contributed by atoms with Crippen LogP contribution in [0.2, 0.25) is 5.02 Å². The van der Waals surface area contributed by atoms with E-state index in [1.54, 1.807) is 24.5 Å². The molecule has 2 aromatic rings. The van der Waals surface area contributed by atoms with Crippen LogP contribution in [0.3, 0.4) is 0 Å². The smallest absolute Gasteiger partial charge is 0.225 e. The standard InChI is InChI=1S/C18H22ClFN6/c1-2-21-17(24-13-14-4-5-16(20)15(19)12-14)25-8-10-26(11-9-25)18-22-6-3-7-23-18/h3-7,12H,2,8-11,13H2,1H3,(H,21,24). The minimum absolute atomic E-state index is 0.124. The Morgan fingerprint density at radius 1 is 1.23 bits per heavy atom. The number of hydrogen-bond acceptors (Lipinski definition) is 4. The zero-order valence-corrected chi connectivity index (χ0v) is 15.5. The molecule has 0 saturated carbocycles. The average molecular weight is 377 g/mol. The van der Waals surface area contributed by atoms with Crippen LogP contribution < -0.4 is 10.2 Å². The van der Waals surface area contributed by atoms with Crippen LogP contribution in [0.25, 0.3) is 0 Å². The van der Waals surface area contributed by atoms with Crippen molar-refractivity contribution in [2.45, 2.75) is 13.5 Å². The van der Waals surface area contributed by atoms with Crippen LogP contribution in [0.15, 0.2) is 41.7 Å². The lowest BCUT2D eigenvalue weighted by Gasteiger charge is -2.36. The molecule has 0 atom stereocenters. The van der Waals surface area contributed by atoms with Gasteiger partial charge < -0.3 is 15.1 Å². The Labute approximate surface area is 157 Å². The second kappa shape index (κ2) is 8.80. The zero-order chi connectivity index (χ0) is 18.4. The molecule has 1 aliphatic heterocycles. The summed E-state index contributed by atoms with van der Waals surface area (Å²) >= 11 is 5.85. The molecule has 1 saturated heterocycles. The molecule has 6 nitrogen and oxygen atoms in total. The van der Waals surface area contributed by atoms with E-state index in [4.69, 9.17) is 11.6 Å². The summed E-state index contributed by atoms with van der Waals surface area (Å²) in [5.74, 6) is 1.20. The van der Waals surface area contributed by atoms with Crippen molar-refractivity contribution in [1.82, 2.24) is 20.2 Å². The van der Waals surface area contributed by atoms with E-state index >= 15 is 0 Å². The molecule has 3 rings (SSSR count). The first-order valence-electron chi connectivity index (χ1n) is 8.66. The van der Waals surface area contributed by atoms with Crippen molar-refractivity contribution in [3.8, 4) is 0 Å². The van der Waals surface area contributed by atoms with Crippen LogP contribution in [0.4, 0.5) is 10.3 Å². The summed E-state index contributed by atoms with van der Waals surface area (Å²) in [4.78, 5) is 17.7. The highest BCUT2D eigenvalue weighted by Crippen LogP contribution is 2.17. The molecule has 0 bridgehead atoms. The summed E-state index contributed by atoms with van der Waals surface area (Å²) in [7, 11) is 0. The van der Waals surface area contributed by atoms with Gasteiger partial charge in [-0.1, -0.05) is 17.7 Å². The topological polar surface area (TPSA) is 56.7 Å². The number of nitrogens with one attached hydrogen (secondary N) is 1. The molecule has 1 aromatic heterocycles. The van der Waals surface area contributed by atoms with Crippen LogP contribution in [-0.4, -0.2) is 53.6 Å². The van der Waals surface area contributed by atoms with E-state index in [9.17, 15) is 4.39 Å². The highest BCUT2D eigenvalue weighted by molar-refractivity contribution is 6.30. The molecule has 0 aliphatic carbocycles. The fourth-order valence-corrected chi connectivity index (χ4v) is 3.01. The maximum absolute atomic E-state index is 13.3. The molecular weight excluding hydrogens is 355 g/mol. The number of piperazine rings is 1. The summed E-state index contributed by atoms with van der Waals surface area (Å²) in [6.45, 7) is 6.59. The lowest BCUT2D eigenvalue weighted by Crippen LogP contribution is -2.52. The first-order valence-corrected chi connectivity index (χ1v) is 9.04. The Hall–Kier alpha value is -2.41. The molecule has 0 unspecified atom stereocenters. The maximum atomic E-state index is 13.3. The van der Waals surface area contributed by atoms with Gasteiger partial charge >= 0.3 is 0 Å². The largest absolute Gasteiger partial charge is 0.357 e. The van der Waals surface area contributed by atoms with Gasteiger partial charge in [0.25, 0.3) is 0 Å². The number of aliphatic imine (C=N–C) groups is 1. The van der Waals surface area contributed by atoms with Crippen LogP contribution >= 0.6 is 11.6 Å². The number of rotatable bonds is 4. The Morgan fingerprint density at radius 3 is 2.62 bits per heavy atom. The number of hydrogen-bond donors (Lipinski definition) is 1. The van der Waals surface area contributed by atoms with Crippen LogP contribution in [0.1, 0.15) is 12.5 Å². The molecule has 0 amide bonds. The quantitative estimate of drug-likeness (QED) is 0.656. The SMILES string of the molecule is CCNC(=NCc1ccc(F)c(Cl)c1)N1CCN(c2ncccn2)CC1. The fraction of sp³-hybridized carbons (Fsp3) is 0.389. The third kappa shape index (κ3) is 4.60. The van der Waals surface area contributed by atoms with Crippen molar-refractivity contribution >= 4 is 23.5 Å². The lowest BCUT2D eigenvalue weighted by atomic mass is 10.2. The van der Waals surface area contributed by atoms with Crippen LogP contribution in [0, 0.1) is 5.82 Å². The van der Waals surface area contributed by atoms with E-state index in [2.05, 4.69) is 30.1 Å². The molecule has 2 heterocycles. The lowest BCUT2D eigenvalue weighted by molar-refractivity contribution is 0.370. The van der Waals surface area contributed by atoms with E-state index in [1.165, 1.54) is 6.07 Å². The van der Waals surface area contributed by atoms with Gasteiger partial charge in [-0.15, -0.1) is 0 Å². The van der Waals surface area contributed by atoms with Crippen molar-refractivity contribution in [2.24, 2.45) is 4.99 Å². The normalized spacial score (nSPS) is 15.3. The number of nitrogens with zero attached hydrogens (tertiary/aromatic N) is 5. The Balaban J connectivity index is 1.63. The summed E-state index contributed by atoms with van der Waals surface area (Å²) in [6.07, 6.45) is 3.52. The number of benzene rings is 1. The van der Waals surface area contributed by atoms with E-state index in [1.807, 2.05) is 13.0 Å². The molecule has 138 valence electrons. The molecule has 1 aliphatic rings. The van der Waals surface area contributed by atoms with Crippen LogP contribution in [-0.2, 0) is 6.54 Å². The molecule has 1 N–H and O–H groups in total. The summed E-state index contributed by atoms with van der Waals surface area (Å²) < 4.78 is 13.3. The highest BCUT2D eigenvalue weighted by Gasteiger charge is 2.21. The van der Waals surface area contributed by atoms with E-state index in [0.717, 1.165) is 50.2 Å². The Kier molecular flexibility index (Phi) is 6.22. The van der Waals surface area contributed by atoms with Crippen molar-refractivity contribution in [1.29, 1.82) is 0 Å². The summed E-state index contributed by atoms with van der Waals surface area (Å²) in [5, 5.41) is 3.45. The highest BCUT2D eigenvalue weighted by atomic mass is 35.5. The minimum Gasteiger partial charge on any atom is -0.357 e. The maximum Gasteiger partial charge on any atom is 0.225 e. The second-order valence-corrected chi connectivity index (χ2v) is 6.35. The summed E-state index contributed by atoms with van der Waals surface area (Å²) in [6, 6.07) is 6.52. The summed E-state index contributed by atoms with van der Waals surface area (Å²) in [5.41, 5.74) is 0.878. The third-order valence-corrected chi connectivity index (χ3v) is 4.43. The molecule has 26 heavy (non-hydrogen) atoms. The molecule has 0 radical (unpaired) electrons. The predicted octanol–water partition coefficient (Wildman–Crippen LogP) is 2.56. The monoisotopic (exact) mass is 376 g/mol. The van der Waals surface area contributed by atoms with Gasteiger partial charge in [0.05, 0.1) is 11.6 Å². The minimum atomic E-state index is -0.412. The molecule has 0 spiro atoms. The van der Waals surface area contributed by atoms with Gasteiger partial charge in [-0.05, 0) is 30.7 Å². The van der Waals surface area contributed by atoms with E-state index in [-0.39, 0.29) is 5.02 Å². The molecule has 1 fully saturated rings. The van der Waals surface area contributed by atoms with Gasteiger partial charge in [0.15, 0.2) is 5.96 Å². The number of halogens is 2. The Bertz CT molecular complexity index is 747. The fourth-order valence-electron chi connectivity index (χ4n) is 2.80. The molecular formula is C18H22ClFN6. The third-order valence-electron chi connectivity index (χ3n) is 4.14. The van der Waals surface area contributed by atoms with E-state index < -0.39 is 5.82 Å². The number of aromatic nitrogens is 2. The average Bonchev–Trinajstić information content (AvgIpc) is 2.68. The number of anilines is 1. The van der Waals surface area contributed by atoms with Crippen molar-refractivity contribution in [3.05, 3.63) is 53.1 Å². The van der Waals surface area contributed by atoms with Gasteiger partial charge in [0.1, 0.15) is 5.82 Å². The molecule has 1 aromatic carbocycles. The predicted molar refractivity (Wildman–Crippen MR) is 102 cm³/mol. The van der Waals surface area contributed by atoms with E-state index in [0.29, 0.717) is 6.54 Å². The van der Waals surface area contributed by atoms with Crippen LogP contribution in [0.5, 0.6) is 0 Å². The molecule has 8 heteroatoms. The van der Waals surface area contributed by atoms with Crippen molar-refractivity contribution in [3.63, 3.8) is 0 Å². The van der Waals surface area contributed by atoms with Crippen molar-refractivity contribution in [2.75, 3.05) is 37.6 Å². The first kappa shape index (κ1) is 18.4. The van der Waals surface area contributed by atoms with Gasteiger partial charge in [-0.25, -0.2) is 19.4 Å². The van der Waals surface area contributed by atoms with Gasteiger partial charge in [-0.2, -0.15) is 0 Å². The first-order chi connectivity index (χ1) is 12.7. The van der Waals surface area contributed by atoms with Crippen molar-refractivity contribution < 1.29 is 4.39 Å². The van der Waals surface area contributed by atoms with Gasteiger partial charge in [-0.3, -0.25) is 0 Å². The van der Waals surface area contributed by atoms with Gasteiger partial charge in [0.2, 0.25) is 5.95 Å². The Morgan fingerprint density at radius 2 is 1.96 bits per heavy atom. The zero-order valence-electron chi connectivity index (χ0n) is 14.7.